The van der Waals surface area contributed by atoms with Crippen LogP contribution in [0.2, 0.25) is 0 Å². The van der Waals surface area contributed by atoms with Crippen molar-refractivity contribution in [3.8, 4) is 0 Å². The van der Waals surface area contributed by atoms with E-state index >= 15 is 0 Å². The largest absolute Gasteiger partial charge is 0.458 e. The number of fused-ring (bicyclic) bond motifs is 5. The summed E-state index contributed by atoms with van der Waals surface area (Å²) >= 11 is 0. The minimum atomic E-state index is -0.713. The van der Waals surface area contributed by atoms with Crippen LogP contribution >= 0.6 is 0 Å². The van der Waals surface area contributed by atoms with Crippen molar-refractivity contribution in [1.29, 1.82) is 0 Å². The van der Waals surface area contributed by atoms with E-state index in [9.17, 15) is 20.0 Å². The number of cyclic esters (lactones) is 1. The monoisotopic (exact) mass is 419 g/mol. The van der Waals surface area contributed by atoms with E-state index in [-0.39, 0.29) is 34.7 Å². The fourth-order valence-electron chi connectivity index (χ4n) is 8.59. The Kier molecular flexibility index (Phi) is 4.52. The molecule has 0 radical (unpaired) electrons. The van der Waals surface area contributed by atoms with Gasteiger partial charge in [0.2, 0.25) is 0 Å². The highest BCUT2D eigenvalue weighted by Crippen LogP contribution is 2.69. The lowest BCUT2D eigenvalue weighted by Crippen LogP contribution is -2.62. The molecule has 8 atom stereocenters. The van der Waals surface area contributed by atoms with E-state index < -0.39 is 10.7 Å². The van der Waals surface area contributed by atoms with Gasteiger partial charge in [-0.3, -0.25) is 0 Å². The second kappa shape index (κ2) is 6.68. The number of aliphatic hydroxyl groups is 1. The van der Waals surface area contributed by atoms with E-state index in [1.54, 1.807) is 6.08 Å². The van der Waals surface area contributed by atoms with Gasteiger partial charge in [0.25, 0.3) is 5.09 Å². The number of carbonyl (C=O) groups excluding carboxylic acids is 1. The Morgan fingerprint density at radius 3 is 2.63 bits per heavy atom. The van der Waals surface area contributed by atoms with Crippen LogP contribution in [0.5, 0.6) is 0 Å². The Labute approximate surface area is 177 Å². The normalized spacial score (nSPS) is 50.0. The van der Waals surface area contributed by atoms with Gasteiger partial charge >= 0.3 is 5.97 Å². The van der Waals surface area contributed by atoms with Gasteiger partial charge in [-0.2, -0.15) is 0 Å². The van der Waals surface area contributed by atoms with Crippen molar-refractivity contribution in [1.82, 2.24) is 0 Å². The molecular weight excluding hydrogens is 386 g/mol. The number of nitrogens with zero attached hydrogens (tertiary/aromatic N) is 1. The summed E-state index contributed by atoms with van der Waals surface area (Å²) in [4.78, 5) is 27.4. The molecule has 0 amide bonds. The van der Waals surface area contributed by atoms with Gasteiger partial charge in [0.05, 0.1) is 5.60 Å². The molecule has 4 aliphatic carbocycles. The zero-order valence-electron chi connectivity index (χ0n) is 18.0. The molecule has 0 saturated heterocycles. The molecule has 166 valence electrons. The number of ether oxygens (including phenoxy) is 1. The molecule has 0 aromatic rings. The number of hydrogen-bond acceptors (Lipinski definition) is 6. The average Bonchev–Trinajstić information content (AvgIpc) is 3.22. The highest BCUT2D eigenvalue weighted by atomic mass is 17.0. The molecule has 1 N–H and O–H groups in total. The molecule has 30 heavy (non-hydrogen) atoms. The number of esters is 1. The van der Waals surface area contributed by atoms with Crippen molar-refractivity contribution < 1.29 is 24.6 Å². The molecule has 0 aromatic carbocycles. The van der Waals surface area contributed by atoms with Crippen LogP contribution in [0, 0.1) is 44.6 Å². The van der Waals surface area contributed by atoms with Gasteiger partial charge in [0.15, 0.2) is 0 Å². The number of rotatable bonds is 3. The SMILES string of the molecule is C[C@]12CCC(O[N+](=O)[O-])CC1CCC1[C@@H]2CC[C@]2(C)C(C3=CC(=O)OC3)CCC12O. The Balaban J connectivity index is 1.40. The maximum Gasteiger partial charge on any atom is 0.331 e. The quantitative estimate of drug-likeness (QED) is 0.424. The predicted octanol–water partition coefficient (Wildman–Crippen LogP) is 3.82. The Hall–Kier alpha value is -1.63. The first kappa shape index (κ1) is 20.3. The van der Waals surface area contributed by atoms with Crippen LogP contribution in [-0.4, -0.2) is 34.5 Å². The second-order valence-corrected chi connectivity index (χ2v) is 11.0. The summed E-state index contributed by atoms with van der Waals surface area (Å²) in [7, 11) is 0. The Morgan fingerprint density at radius 2 is 1.93 bits per heavy atom. The van der Waals surface area contributed by atoms with Gasteiger partial charge in [-0.15, -0.1) is 10.1 Å². The van der Waals surface area contributed by atoms with Crippen molar-refractivity contribution in [2.24, 2.45) is 34.5 Å². The molecule has 0 aromatic heterocycles. The van der Waals surface area contributed by atoms with Crippen molar-refractivity contribution in [3.63, 3.8) is 0 Å². The molecular formula is C23H33NO6. The van der Waals surface area contributed by atoms with Crippen molar-refractivity contribution in [2.75, 3.05) is 6.61 Å². The van der Waals surface area contributed by atoms with Crippen molar-refractivity contribution >= 4 is 5.97 Å². The summed E-state index contributed by atoms with van der Waals surface area (Å²) in [5.74, 6) is 1.09. The summed E-state index contributed by atoms with van der Waals surface area (Å²) in [5.41, 5.74) is 0.243. The van der Waals surface area contributed by atoms with Gasteiger partial charge in [-0.25, -0.2) is 4.79 Å². The van der Waals surface area contributed by atoms with Crippen LogP contribution in [-0.2, 0) is 14.4 Å². The van der Waals surface area contributed by atoms with Crippen LogP contribution in [0.3, 0.4) is 0 Å². The summed E-state index contributed by atoms with van der Waals surface area (Å²) in [5, 5.41) is 22.3. The molecule has 4 fully saturated rings. The van der Waals surface area contributed by atoms with Crippen LogP contribution in [0.15, 0.2) is 11.6 Å². The van der Waals surface area contributed by atoms with Crippen LogP contribution < -0.4 is 0 Å². The van der Waals surface area contributed by atoms with Gasteiger partial charge in [0.1, 0.15) is 12.7 Å². The van der Waals surface area contributed by atoms with Crippen molar-refractivity contribution in [3.05, 3.63) is 21.8 Å². The standard InChI is InChI=1S/C23H33NO6/c1-21-8-5-16(30-24(27)28)12-15(21)3-4-19-18(21)6-9-22(2)17(7-10-23(19,22)26)14-11-20(25)29-13-14/h11,15-19,26H,3-10,12-13H2,1-2H3/t15?,16?,17?,18-,19?,21-,22+,23?/m0/s1. The van der Waals surface area contributed by atoms with Crippen LogP contribution in [0.1, 0.15) is 71.6 Å². The molecule has 0 spiro atoms. The molecule has 4 saturated carbocycles. The topological polar surface area (TPSA) is 98.9 Å². The van der Waals surface area contributed by atoms with Gasteiger partial charge < -0.3 is 14.7 Å². The first-order valence-electron chi connectivity index (χ1n) is 11.6. The van der Waals surface area contributed by atoms with E-state index in [0.29, 0.717) is 18.4 Å². The summed E-state index contributed by atoms with van der Waals surface area (Å²) < 4.78 is 5.19. The maximum absolute atomic E-state index is 12.2. The summed E-state index contributed by atoms with van der Waals surface area (Å²) in [6, 6.07) is 0. The molecule has 5 unspecified atom stereocenters. The molecule has 5 aliphatic rings. The summed E-state index contributed by atoms with van der Waals surface area (Å²) in [6.07, 6.45) is 9.50. The molecule has 7 heteroatoms. The lowest BCUT2D eigenvalue weighted by atomic mass is 9.43. The fraction of sp³-hybridized carbons (Fsp3) is 0.870. The third-order valence-corrected chi connectivity index (χ3v) is 10.2. The lowest BCUT2D eigenvalue weighted by molar-refractivity contribution is -0.770. The lowest BCUT2D eigenvalue weighted by Gasteiger charge is -2.63. The molecule has 1 aliphatic heterocycles. The van der Waals surface area contributed by atoms with Gasteiger partial charge in [-0.1, -0.05) is 13.8 Å². The van der Waals surface area contributed by atoms with Crippen LogP contribution in [0.25, 0.3) is 0 Å². The van der Waals surface area contributed by atoms with Crippen LogP contribution in [0.4, 0.5) is 0 Å². The zero-order valence-corrected chi connectivity index (χ0v) is 18.0. The minimum absolute atomic E-state index is 0.111. The third-order valence-electron chi connectivity index (χ3n) is 10.2. The Morgan fingerprint density at radius 1 is 1.13 bits per heavy atom. The minimum Gasteiger partial charge on any atom is -0.458 e. The van der Waals surface area contributed by atoms with E-state index in [2.05, 4.69) is 13.8 Å². The molecule has 0 bridgehead atoms. The predicted molar refractivity (Wildman–Crippen MR) is 108 cm³/mol. The fourth-order valence-corrected chi connectivity index (χ4v) is 8.59. The molecule has 5 rings (SSSR count). The number of hydrogen-bond donors (Lipinski definition) is 1. The highest BCUT2D eigenvalue weighted by Gasteiger charge is 2.67. The summed E-state index contributed by atoms with van der Waals surface area (Å²) in [6.45, 7) is 4.98. The first-order valence-corrected chi connectivity index (χ1v) is 11.6. The third kappa shape index (κ3) is 2.69. The molecule has 7 nitrogen and oxygen atoms in total. The maximum atomic E-state index is 12.2. The average molecular weight is 420 g/mol. The van der Waals surface area contributed by atoms with E-state index in [0.717, 1.165) is 63.4 Å². The Bertz CT molecular complexity index is 797. The van der Waals surface area contributed by atoms with Gasteiger partial charge in [0, 0.05) is 11.5 Å². The van der Waals surface area contributed by atoms with E-state index in [4.69, 9.17) is 9.57 Å². The highest BCUT2D eigenvalue weighted by molar-refractivity contribution is 5.85. The van der Waals surface area contributed by atoms with Crippen molar-refractivity contribution in [2.45, 2.75) is 83.3 Å². The van der Waals surface area contributed by atoms with E-state index in [1.807, 2.05) is 0 Å². The zero-order chi connectivity index (χ0) is 21.3. The van der Waals surface area contributed by atoms with Gasteiger partial charge in [-0.05, 0) is 92.4 Å². The van der Waals surface area contributed by atoms with E-state index in [1.165, 1.54) is 0 Å². The first-order chi connectivity index (χ1) is 14.2. The molecule has 1 heterocycles. The smallest absolute Gasteiger partial charge is 0.331 e. The second-order valence-electron chi connectivity index (χ2n) is 11.0. The number of carbonyl (C=O) groups is 1.